The summed E-state index contributed by atoms with van der Waals surface area (Å²) in [7, 11) is 0. The van der Waals surface area contributed by atoms with E-state index in [0.29, 0.717) is 25.9 Å². The molecule has 1 aliphatic heterocycles. The second kappa shape index (κ2) is 10.7. The number of hydrogen-bond acceptors (Lipinski definition) is 4. The Labute approximate surface area is 208 Å². The number of rotatable bonds is 8. The Morgan fingerprint density at radius 2 is 1.86 bits per heavy atom. The van der Waals surface area contributed by atoms with Gasteiger partial charge in [0.25, 0.3) is 5.91 Å². The summed E-state index contributed by atoms with van der Waals surface area (Å²) in [6.45, 7) is 3.21. The number of aromatic nitrogens is 2. The fourth-order valence-corrected chi connectivity index (χ4v) is 4.76. The number of carbonyl (C=O) groups excluding carboxylic acids is 1. The molecule has 1 saturated heterocycles. The summed E-state index contributed by atoms with van der Waals surface area (Å²) in [6, 6.07) is 16.4. The molecule has 3 aromatic rings. The van der Waals surface area contributed by atoms with Crippen LogP contribution in [-0.4, -0.2) is 40.3 Å². The molecule has 1 amide bonds. The number of hydrogen-bond donors (Lipinski definition) is 1. The molecule has 1 fully saturated rings. The van der Waals surface area contributed by atoms with Crippen molar-refractivity contribution in [3.05, 3.63) is 77.1 Å². The molecule has 0 spiro atoms. The van der Waals surface area contributed by atoms with Gasteiger partial charge in [0.2, 0.25) is 0 Å². The van der Waals surface area contributed by atoms with E-state index in [0.717, 1.165) is 12.2 Å². The third kappa shape index (κ3) is 5.65. The molecule has 9 heteroatoms. The van der Waals surface area contributed by atoms with Gasteiger partial charge in [-0.15, -0.1) is 0 Å². The molecule has 0 unspecified atom stereocenters. The number of nitrogens with zero attached hydrogens (tertiary/aromatic N) is 3. The second-order valence-corrected chi connectivity index (χ2v) is 9.53. The maximum Gasteiger partial charge on any atom is 0.387 e. The van der Waals surface area contributed by atoms with Crippen LogP contribution in [0.25, 0.3) is 0 Å². The van der Waals surface area contributed by atoms with Crippen molar-refractivity contribution in [3.63, 3.8) is 0 Å². The predicted molar refractivity (Wildman–Crippen MR) is 132 cm³/mol. The van der Waals surface area contributed by atoms with Gasteiger partial charge in [-0.1, -0.05) is 55.8 Å². The Morgan fingerprint density at radius 3 is 2.51 bits per heavy atom. The van der Waals surface area contributed by atoms with E-state index in [2.05, 4.69) is 46.0 Å². The minimum Gasteiger partial charge on any atom is -0.433 e. The lowest BCUT2D eigenvalue weighted by molar-refractivity contribution is -0.128. The normalized spacial score (nSPS) is 16.0. The Hall–Kier alpha value is -2.97. The molecule has 6 nitrogen and oxygen atoms in total. The molecule has 0 saturated carbocycles. The van der Waals surface area contributed by atoms with Gasteiger partial charge in [0.1, 0.15) is 5.54 Å². The predicted octanol–water partition coefficient (Wildman–Crippen LogP) is 5.89. The molecular formula is C26H29ClF2N4O2. The molecule has 0 radical (unpaired) electrons. The fourth-order valence-electron chi connectivity index (χ4n) is 4.60. The van der Waals surface area contributed by atoms with Crippen LogP contribution >= 0.6 is 11.6 Å². The SMILES string of the molecule is CC(C)c1ccnn1C1(C(=O)Nc2ccc(Cl)cc2OC(F)F)CCN(Cc2ccccc2)CC1. The summed E-state index contributed by atoms with van der Waals surface area (Å²) in [5, 5.41) is 7.63. The average molecular weight is 503 g/mol. The first-order chi connectivity index (χ1) is 16.8. The summed E-state index contributed by atoms with van der Waals surface area (Å²) >= 11 is 5.98. The monoisotopic (exact) mass is 502 g/mol. The van der Waals surface area contributed by atoms with Crippen molar-refractivity contribution in [1.29, 1.82) is 0 Å². The molecule has 186 valence electrons. The molecule has 35 heavy (non-hydrogen) atoms. The molecule has 1 aliphatic rings. The highest BCUT2D eigenvalue weighted by Crippen LogP contribution is 2.37. The first-order valence-corrected chi connectivity index (χ1v) is 12.0. The second-order valence-electron chi connectivity index (χ2n) is 9.09. The minimum absolute atomic E-state index is 0.143. The van der Waals surface area contributed by atoms with Crippen LogP contribution in [0.3, 0.4) is 0 Å². The van der Waals surface area contributed by atoms with E-state index in [1.165, 1.54) is 23.8 Å². The topological polar surface area (TPSA) is 59.4 Å². The fraction of sp³-hybridized carbons (Fsp3) is 0.385. The molecule has 1 aromatic heterocycles. The lowest BCUT2D eigenvalue weighted by Crippen LogP contribution is -2.54. The van der Waals surface area contributed by atoms with Gasteiger partial charge in [0, 0.05) is 42.6 Å². The molecule has 0 atom stereocenters. The highest BCUT2D eigenvalue weighted by atomic mass is 35.5. The Bertz CT molecular complexity index is 1150. The molecule has 2 heterocycles. The Kier molecular flexibility index (Phi) is 7.72. The summed E-state index contributed by atoms with van der Waals surface area (Å²) in [4.78, 5) is 16.2. The van der Waals surface area contributed by atoms with Crippen molar-refractivity contribution in [3.8, 4) is 5.75 Å². The van der Waals surface area contributed by atoms with E-state index in [4.69, 9.17) is 11.6 Å². The van der Waals surface area contributed by atoms with Crippen molar-refractivity contribution >= 4 is 23.2 Å². The summed E-state index contributed by atoms with van der Waals surface area (Å²) in [5.41, 5.74) is 1.32. The number of carbonyl (C=O) groups is 1. The van der Waals surface area contributed by atoms with Crippen LogP contribution in [0.4, 0.5) is 14.5 Å². The summed E-state index contributed by atoms with van der Waals surface area (Å²) < 4.78 is 32.4. The quantitative estimate of drug-likeness (QED) is 0.417. The maximum atomic E-state index is 13.9. The number of ether oxygens (including phenoxy) is 1. The van der Waals surface area contributed by atoms with Crippen molar-refractivity contribution < 1.29 is 18.3 Å². The zero-order chi connectivity index (χ0) is 25.0. The van der Waals surface area contributed by atoms with Gasteiger partial charge in [0.15, 0.2) is 5.75 Å². The van der Waals surface area contributed by atoms with Gasteiger partial charge in [-0.05, 0) is 42.5 Å². The zero-order valence-electron chi connectivity index (χ0n) is 19.8. The third-order valence-corrected chi connectivity index (χ3v) is 6.67. The van der Waals surface area contributed by atoms with E-state index in [1.807, 2.05) is 28.9 Å². The molecule has 0 bridgehead atoms. The molecule has 4 rings (SSSR count). The van der Waals surface area contributed by atoms with Crippen LogP contribution in [0.15, 0.2) is 60.8 Å². The van der Waals surface area contributed by atoms with Crippen molar-refractivity contribution in [2.75, 3.05) is 18.4 Å². The van der Waals surface area contributed by atoms with Crippen molar-refractivity contribution in [1.82, 2.24) is 14.7 Å². The number of benzene rings is 2. The highest BCUT2D eigenvalue weighted by Gasteiger charge is 2.45. The molecular weight excluding hydrogens is 474 g/mol. The van der Waals surface area contributed by atoms with Gasteiger partial charge in [-0.3, -0.25) is 14.4 Å². The summed E-state index contributed by atoms with van der Waals surface area (Å²) in [6.07, 6.45) is 2.74. The lowest BCUT2D eigenvalue weighted by Gasteiger charge is -2.42. The van der Waals surface area contributed by atoms with E-state index >= 15 is 0 Å². The number of halogens is 3. The number of anilines is 1. The lowest BCUT2D eigenvalue weighted by atomic mass is 9.85. The number of nitrogens with one attached hydrogen (secondary N) is 1. The number of amides is 1. The average Bonchev–Trinajstić information content (AvgIpc) is 3.33. The number of alkyl halides is 2. The van der Waals surface area contributed by atoms with Gasteiger partial charge in [-0.25, -0.2) is 0 Å². The minimum atomic E-state index is -3.04. The van der Waals surface area contributed by atoms with Crippen LogP contribution in [0.2, 0.25) is 5.02 Å². The number of piperidine rings is 1. The third-order valence-electron chi connectivity index (χ3n) is 6.43. The van der Waals surface area contributed by atoms with E-state index in [9.17, 15) is 13.6 Å². The van der Waals surface area contributed by atoms with Crippen LogP contribution < -0.4 is 10.1 Å². The van der Waals surface area contributed by atoms with Crippen molar-refractivity contribution in [2.45, 2.75) is 51.3 Å². The van der Waals surface area contributed by atoms with Crippen LogP contribution in [-0.2, 0) is 16.9 Å². The van der Waals surface area contributed by atoms with E-state index in [1.54, 1.807) is 6.20 Å². The van der Waals surface area contributed by atoms with Crippen LogP contribution in [0.1, 0.15) is 43.9 Å². The number of likely N-dealkylation sites (tertiary alicyclic amines) is 1. The van der Waals surface area contributed by atoms with Crippen molar-refractivity contribution in [2.24, 2.45) is 0 Å². The Morgan fingerprint density at radius 1 is 1.14 bits per heavy atom. The van der Waals surface area contributed by atoms with Crippen LogP contribution in [0.5, 0.6) is 5.75 Å². The summed E-state index contributed by atoms with van der Waals surface area (Å²) in [5.74, 6) is -0.344. The molecule has 2 aromatic carbocycles. The first kappa shape index (κ1) is 25.1. The van der Waals surface area contributed by atoms with Crippen LogP contribution in [0, 0.1) is 0 Å². The highest BCUT2D eigenvalue weighted by molar-refractivity contribution is 6.30. The van der Waals surface area contributed by atoms with Gasteiger partial charge < -0.3 is 10.1 Å². The smallest absolute Gasteiger partial charge is 0.387 e. The zero-order valence-corrected chi connectivity index (χ0v) is 20.5. The Balaban J connectivity index is 1.62. The molecule has 0 aliphatic carbocycles. The van der Waals surface area contributed by atoms with Gasteiger partial charge in [0.05, 0.1) is 5.69 Å². The van der Waals surface area contributed by atoms with Gasteiger partial charge in [-0.2, -0.15) is 13.9 Å². The molecule has 1 N–H and O–H groups in total. The standard InChI is InChI=1S/C26H29ClF2N4O2/c1-18(2)22-10-13-30-33(22)26(11-14-32(15-12-26)17-19-6-4-3-5-7-19)24(34)31-21-9-8-20(27)16-23(21)35-25(28)29/h3-10,13,16,18,25H,11-12,14-15,17H2,1-2H3,(H,31,34). The van der Waals surface area contributed by atoms with Gasteiger partial charge >= 0.3 is 6.61 Å². The van der Waals surface area contributed by atoms with E-state index < -0.39 is 12.2 Å². The maximum absolute atomic E-state index is 13.9. The largest absolute Gasteiger partial charge is 0.433 e. The van der Waals surface area contributed by atoms with E-state index in [-0.39, 0.29) is 28.3 Å². The first-order valence-electron chi connectivity index (χ1n) is 11.6.